The van der Waals surface area contributed by atoms with Crippen molar-refractivity contribution in [1.29, 1.82) is 0 Å². The largest absolute Gasteiger partial charge is 0.504 e. The van der Waals surface area contributed by atoms with Crippen LogP contribution < -0.4 is 15.2 Å². The third kappa shape index (κ3) is 4.60. The van der Waals surface area contributed by atoms with Crippen LogP contribution in [0.25, 0.3) is 22.2 Å². The lowest BCUT2D eigenvalue weighted by Gasteiger charge is -2.15. The summed E-state index contributed by atoms with van der Waals surface area (Å²) < 4.78 is 12.4. The van der Waals surface area contributed by atoms with Crippen LogP contribution in [0.5, 0.6) is 17.2 Å². The molecule has 6 heteroatoms. The van der Waals surface area contributed by atoms with E-state index in [0.717, 1.165) is 16.5 Å². The van der Waals surface area contributed by atoms with Gasteiger partial charge in [-0.15, -0.1) is 6.42 Å². The number of phenols is 1. The fourth-order valence-electron chi connectivity index (χ4n) is 3.88. The van der Waals surface area contributed by atoms with Gasteiger partial charge in [0.2, 0.25) is 0 Å². The summed E-state index contributed by atoms with van der Waals surface area (Å²) in [6.45, 7) is 4.68. The van der Waals surface area contributed by atoms with E-state index in [2.05, 4.69) is 36.9 Å². The molecule has 0 atom stereocenters. The predicted octanol–water partition coefficient (Wildman–Crippen LogP) is 4.96. The summed E-state index contributed by atoms with van der Waals surface area (Å²) in [7, 11) is 1.49. The monoisotopic (exact) mass is 454 g/mol. The van der Waals surface area contributed by atoms with E-state index in [0.29, 0.717) is 28.6 Å². The Balaban J connectivity index is 1.88. The summed E-state index contributed by atoms with van der Waals surface area (Å²) in [6, 6.07) is 18.6. The first kappa shape index (κ1) is 22.9. The normalized spacial score (nSPS) is 10.9. The highest BCUT2D eigenvalue weighted by Crippen LogP contribution is 2.31. The van der Waals surface area contributed by atoms with E-state index in [-0.39, 0.29) is 24.6 Å². The number of benzene rings is 3. The molecular formula is C28H26N2O4. The number of terminal acetylenes is 1. The van der Waals surface area contributed by atoms with Gasteiger partial charge < -0.3 is 14.6 Å². The van der Waals surface area contributed by atoms with Crippen molar-refractivity contribution in [1.82, 2.24) is 9.55 Å². The number of phenolic OH excluding ortho intramolecular Hbond substituents is 1. The third-order valence-corrected chi connectivity index (χ3v) is 5.71. The molecule has 1 aromatic heterocycles. The molecule has 0 spiro atoms. The van der Waals surface area contributed by atoms with Crippen molar-refractivity contribution in [2.45, 2.75) is 26.3 Å². The molecule has 0 aliphatic heterocycles. The van der Waals surface area contributed by atoms with Crippen LogP contribution in [-0.2, 0) is 6.54 Å². The van der Waals surface area contributed by atoms with E-state index in [1.807, 2.05) is 24.3 Å². The standard InChI is InChI=1S/C28H26N2O4/c1-5-14-34-22-11-12-24-23(16-22)27(21-9-7-20(8-10-21)18(2)3)29-28(32)30(24)17-19-6-13-25(31)26(15-19)33-4/h1,6-13,15-16,18,31H,14,17H2,2-4H3. The highest BCUT2D eigenvalue weighted by Gasteiger charge is 2.15. The molecule has 172 valence electrons. The topological polar surface area (TPSA) is 73.6 Å². The van der Waals surface area contributed by atoms with Crippen molar-refractivity contribution in [2.24, 2.45) is 0 Å². The van der Waals surface area contributed by atoms with E-state index < -0.39 is 0 Å². The highest BCUT2D eigenvalue weighted by atomic mass is 16.5. The molecule has 1 N–H and O–H groups in total. The Hall–Kier alpha value is -4.24. The third-order valence-electron chi connectivity index (χ3n) is 5.71. The van der Waals surface area contributed by atoms with Gasteiger partial charge in [-0.25, -0.2) is 4.79 Å². The number of rotatable bonds is 7. The number of hydrogen-bond donors (Lipinski definition) is 1. The molecule has 6 nitrogen and oxygen atoms in total. The molecule has 4 rings (SSSR count). The molecule has 0 fully saturated rings. The van der Waals surface area contributed by atoms with E-state index in [9.17, 15) is 9.90 Å². The van der Waals surface area contributed by atoms with Gasteiger partial charge >= 0.3 is 5.69 Å². The molecule has 4 aromatic rings. The molecule has 0 radical (unpaired) electrons. The van der Waals surface area contributed by atoms with Crippen molar-refractivity contribution in [3.05, 3.63) is 82.3 Å². The van der Waals surface area contributed by atoms with Gasteiger partial charge in [-0.1, -0.05) is 50.1 Å². The van der Waals surface area contributed by atoms with Gasteiger partial charge in [0, 0.05) is 10.9 Å². The summed E-state index contributed by atoms with van der Waals surface area (Å²) in [5, 5.41) is 10.7. The summed E-state index contributed by atoms with van der Waals surface area (Å²) >= 11 is 0. The molecule has 0 saturated heterocycles. The van der Waals surface area contributed by atoms with E-state index >= 15 is 0 Å². The van der Waals surface area contributed by atoms with Gasteiger partial charge in [-0.05, 0) is 47.4 Å². The molecule has 1 heterocycles. The number of methoxy groups -OCH3 is 1. The number of aromatic hydroxyl groups is 1. The zero-order valence-corrected chi connectivity index (χ0v) is 19.4. The second-order valence-electron chi connectivity index (χ2n) is 8.28. The highest BCUT2D eigenvalue weighted by molar-refractivity contribution is 5.93. The van der Waals surface area contributed by atoms with Crippen LogP contribution in [0.1, 0.15) is 30.9 Å². The Bertz CT molecular complexity index is 1430. The molecule has 0 bridgehead atoms. The van der Waals surface area contributed by atoms with Crippen LogP contribution in [0.15, 0.2) is 65.5 Å². The van der Waals surface area contributed by atoms with Crippen molar-refractivity contribution >= 4 is 10.9 Å². The molecule has 0 aliphatic carbocycles. The summed E-state index contributed by atoms with van der Waals surface area (Å²) in [5.41, 5.74) is 3.77. The summed E-state index contributed by atoms with van der Waals surface area (Å²) in [4.78, 5) is 17.7. The number of nitrogens with zero attached hydrogens (tertiary/aromatic N) is 2. The molecular weight excluding hydrogens is 428 g/mol. The van der Waals surface area contributed by atoms with Crippen molar-refractivity contribution in [2.75, 3.05) is 13.7 Å². The predicted molar refractivity (Wildman–Crippen MR) is 134 cm³/mol. The summed E-state index contributed by atoms with van der Waals surface area (Å²) in [5.74, 6) is 3.85. The Morgan fingerprint density at radius 1 is 1.09 bits per heavy atom. The summed E-state index contributed by atoms with van der Waals surface area (Å²) in [6.07, 6.45) is 5.35. The number of aromatic nitrogens is 2. The van der Waals surface area contributed by atoms with Crippen LogP contribution in [-0.4, -0.2) is 28.4 Å². The van der Waals surface area contributed by atoms with Crippen LogP contribution >= 0.6 is 0 Å². The fourth-order valence-corrected chi connectivity index (χ4v) is 3.88. The molecule has 34 heavy (non-hydrogen) atoms. The molecule has 0 amide bonds. The van der Waals surface area contributed by atoms with Gasteiger partial charge in [0.15, 0.2) is 11.5 Å². The molecule has 0 aliphatic rings. The first-order chi connectivity index (χ1) is 16.4. The van der Waals surface area contributed by atoms with Crippen LogP contribution in [0.3, 0.4) is 0 Å². The van der Waals surface area contributed by atoms with Crippen molar-refractivity contribution in [3.63, 3.8) is 0 Å². The SMILES string of the molecule is C#CCOc1ccc2c(c1)c(-c1ccc(C(C)C)cc1)nc(=O)n2Cc1ccc(O)c(OC)c1. The lowest BCUT2D eigenvalue weighted by molar-refractivity contribution is 0.371. The average molecular weight is 455 g/mol. The smallest absolute Gasteiger partial charge is 0.348 e. The quantitative estimate of drug-likeness (QED) is 0.400. The maximum Gasteiger partial charge on any atom is 0.348 e. The first-order valence-corrected chi connectivity index (χ1v) is 11.0. The fraction of sp³-hybridized carbons (Fsp3) is 0.214. The van der Waals surface area contributed by atoms with Crippen molar-refractivity contribution < 1.29 is 14.6 Å². The Morgan fingerprint density at radius 3 is 2.53 bits per heavy atom. The van der Waals surface area contributed by atoms with E-state index in [1.165, 1.54) is 12.7 Å². The minimum atomic E-state index is -0.375. The maximum absolute atomic E-state index is 13.2. The zero-order chi connectivity index (χ0) is 24.2. The second-order valence-corrected chi connectivity index (χ2v) is 8.28. The molecule has 0 saturated carbocycles. The second kappa shape index (κ2) is 9.72. The molecule has 0 unspecified atom stereocenters. The number of ether oxygens (including phenoxy) is 2. The van der Waals surface area contributed by atoms with Crippen LogP contribution in [0, 0.1) is 12.3 Å². The lowest BCUT2D eigenvalue weighted by atomic mass is 9.99. The van der Waals surface area contributed by atoms with Gasteiger partial charge in [0.1, 0.15) is 12.4 Å². The average Bonchev–Trinajstić information content (AvgIpc) is 2.85. The van der Waals surface area contributed by atoms with Crippen LogP contribution in [0.2, 0.25) is 0 Å². The van der Waals surface area contributed by atoms with Crippen LogP contribution in [0.4, 0.5) is 0 Å². The lowest BCUT2D eigenvalue weighted by Crippen LogP contribution is -2.24. The zero-order valence-electron chi connectivity index (χ0n) is 19.4. The Kier molecular flexibility index (Phi) is 6.55. The van der Waals surface area contributed by atoms with E-state index in [1.54, 1.807) is 28.8 Å². The molecule has 3 aromatic carbocycles. The number of fused-ring (bicyclic) bond motifs is 1. The Morgan fingerprint density at radius 2 is 1.85 bits per heavy atom. The van der Waals surface area contributed by atoms with Gasteiger partial charge in [0.25, 0.3) is 0 Å². The van der Waals surface area contributed by atoms with Gasteiger partial charge in [-0.3, -0.25) is 4.57 Å². The van der Waals surface area contributed by atoms with Gasteiger partial charge in [-0.2, -0.15) is 4.98 Å². The van der Waals surface area contributed by atoms with E-state index in [4.69, 9.17) is 15.9 Å². The minimum Gasteiger partial charge on any atom is -0.504 e. The minimum absolute atomic E-state index is 0.0390. The Labute approximate surface area is 198 Å². The first-order valence-electron chi connectivity index (χ1n) is 11.0. The number of hydrogen-bond acceptors (Lipinski definition) is 5. The maximum atomic E-state index is 13.2. The van der Waals surface area contributed by atoms with Gasteiger partial charge in [0.05, 0.1) is 24.9 Å². The van der Waals surface area contributed by atoms with Crippen molar-refractivity contribution in [3.8, 4) is 40.8 Å².